The van der Waals surface area contributed by atoms with Gasteiger partial charge in [-0.15, -0.1) is 0 Å². The van der Waals surface area contributed by atoms with E-state index in [-0.39, 0.29) is 0 Å². The maximum atomic E-state index is 13.5. The number of phenolic OH excluding ortho intramolecular Hbond substituents is 1. The summed E-state index contributed by atoms with van der Waals surface area (Å²) < 4.78 is 27.0. The van der Waals surface area contributed by atoms with E-state index in [1.165, 1.54) is 56.2 Å². The van der Waals surface area contributed by atoms with E-state index in [0.717, 1.165) is 11.5 Å². The zero-order chi connectivity index (χ0) is 17.1. The van der Waals surface area contributed by atoms with Crippen LogP contribution in [-0.4, -0.2) is 5.11 Å². The fourth-order valence-electron chi connectivity index (χ4n) is 3.87. The molecule has 1 N–H and O–H groups in total. The molecule has 2 aromatic carbocycles. The molecule has 0 spiro atoms. The van der Waals surface area contributed by atoms with Crippen LogP contribution < -0.4 is 0 Å². The van der Waals surface area contributed by atoms with Crippen molar-refractivity contribution in [3.05, 3.63) is 53.6 Å². The summed E-state index contributed by atoms with van der Waals surface area (Å²) in [6.07, 6.45) is 7.66. The lowest BCUT2D eigenvalue weighted by molar-refractivity contribution is 0.308. The van der Waals surface area contributed by atoms with Gasteiger partial charge in [-0.2, -0.15) is 0 Å². The van der Waals surface area contributed by atoms with Gasteiger partial charge in [0.05, 0.1) is 0 Å². The highest BCUT2D eigenvalue weighted by atomic mass is 19.1. The summed E-state index contributed by atoms with van der Waals surface area (Å²) in [6, 6.07) is 10.3. The van der Waals surface area contributed by atoms with Gasteiger partial charge in [-0.1, -0.05) is 44.0 Å². The van der Waals surface area contributed by atoms with Crippen molar-refractivity contribution in [1.82, 2.24) is 0 Å². The topological polar surface area (TPSA) is 20.2 Å². The van der Waals surface area contributed by atoms with Crippen molar-refractivity contribution in [2.24, 2.45) is 5.92 Å². The molecule has 0 saturated heterocycles. The smallest absolute Gasteiger partial charge is 0.187 e. The molecule has 1 saturated carbocycles. The summed E-state index contributed by atoms with van der Waals surface area (Å²) >= 11 is 0. The minimum atomic E-state index is -0.927. The molecule has 24 heavy (non-hydrogen) atoms. The fraction of sp³-hybridized carbons (Fsp3) is 0.429. The van der Waals surface area contributed by atoms with E-state index in [2.05, 4.69) is 19.1 Å². The summed E-state index contributed by atoms with van der Waals surface area (Å²) in [5, 5.41) is 9.20. The Hall–Kier alpha value is -1.90. The molecule has 0 atom stereocenters. The molecule has 3 rings (SSSR count). The van der Waals surface area contributed by atoms with Crippen LogP contribution >= 0.6 is 0 Å². The first-order valence-corrected chi connectivity index (χ1v) is 8.86. The van der Waals surface area contributed by atoms with Crippen molar-refractivity contribution in [2.45, 2.75) is 51.4 Å². The highest BCUT2D eigenvalue weighted by Crippen LogP contribution is 2.38. The Morgan fingerprint density at radius 1 is 0.917 bits per heavy atom. The molecular formula is C21H24F2O. The van der Waals surface area contributed by atoms with E-state index in [0.29, 0.717) is 11.5 Å². The zero-order valence-electron chi connectivity index (χ0n) is 14.1. The highest BCUT2D eigenvalue weighted by Gasteiger charge is 2.21. The van der Waals surface area contributed by atoms with Gasteiger partial charge in [-0.3, -0.25) is 0 Å². The van der Waals surface area contributed by atoms with Crippen molar-refractivity contribution >= 4 is 0 Å². The van der Waals surface area contributed by atoms with Crippen LogP contribution in [-0.2, 0) is 0 Å². The largest absolute Gasteiger partial charge is 0.503 e. The van der Waals surface area contributed by atoms with Gasteiger partial charge in [0.25, 0.3) is 0 Å². The van der Waals surface area contributed by atoms with E-state index in [1.807, 2.05) is 12.1 Å². The maximum Gasteiger partial charge on any atom is 0.187 e. The Bertz CT molecular complexity index is 662. The number of aromatic hydroxyl groups is 1. The second kappa shape index (κ2) is 7.33. The van der Waals surface area contributed by atoms with Crippen molar-refractivity contribution in [3.63, 3.8) is 0 Å². The van der Waals surface area contributed by atoms with E-state index in [1.54, 1.807) is 0 Å². The zero-order valence-corrected chi connectivity index (χ0v) is 14.1. The standard InChI is InChI=1S/C21H24F2O/c1-2-3-14-4-6-15(7-5-14)16-8-10-17(11-9-16)18-12-19(22)21(24)20(23)13-18/h8-15,24H,2-7H2,1H3. The van der Waals surface area contributed by atoms with Crippen LogP contribution in [0.25, 0.3) is 11.1 Å². The van der Waals surface area contributed by atoms with Gasteiger partial charge in [0, 0.05) is 0 Å². The number of phenols is 1. The van der Waals surface area contributed by atoms with E-state index >= 15 is 0 Å². The second-order valence-corrected chi connectivity index (χ2v) is 6.92. The van der Waals surface area contributed by atoms with Crippen molar-refractivity contribution in [1.29, 1.82) is 0 Å². The Morgan fingerprint density at radius 2 is 1.50 bits per heavy atom. The lowest BCUT2D eigenvalue weighted by Crippen LogP contribution is -2.13. The van der Waals surface area contributed by atoms with Crippen LogP contribution in [0.5, 0.6) is 5.75 Å². The summed E-state index contributed by atoms with van der Waals surface area (Å²) in [5.41, 5.74) is 2.52. The predicted molar refractivity (Wildman–Crippen MR) is 93.1 cm³/mol. The second-order valence-electron chi connectivity index (χ2n) is 6.92. The molecule has 3 heteroatoms. The average Bonchev–Trinajstić information content (AvgIpc) is 2.60. The molecular weight excluding hydrogens is 306 g/mol. The fourth-order valence-corrected chi connectivity index (χ4v) is 3.87. The van der Waals surface area contributed by atoms with Gasteiger partial charge in [0.2, 0.25) is 0 Å². The van der Waals surface area contributed by atoms with E-state index < -0.39 is 17.4 Å². The van der Waals surface area contributed by atoms with Gasteiger partial charge in [-0.05, 0) is 66.3 Å². The van der Waals surface area contributed by atoms with E-state index in [4.69, 9.17) is 0 Å². The third kappa shape index (κ3) is 3.61. The number of halogens is 2. The SMILES string of the molecule is CCCC1CCC(c2ccc(-c3cc(F)c(O)c(F)c3)cc2)CC1. The first-order valence-electron chi connectivity index (χ1n) is 8.86. The molecule has 0 radical (unpaired) electrons. The Labute approximate surface area is 142 Å². The van der Waals surface area contributed by atoms with E-state index in [9.17, 15) is 13.9 Å². The number of hydrogen-bond acceptors (Lipinski definition) is 1. The Balaban J connectivity index is 1.72. The minimum Gasteiger partial charge on any atom is -0.503 e. The molecule has 0 unspecified atom stereocenters. The third-order valence-electron chi connectivity index (χ3n) is 5.28. The molecule has 1 fully saturated rings. The van der Waals surface area contributed by atoms with Crippen LogP contribution in [0.4, 0.5) is 8.78 Å². The first kappa shape index (κ1) is 16.9. The molecule has 2 aromatic rings. The van der Waals surface area contributed by atoms with Crippen molar-refractivity contribution in [2.75, 3.05) is 0 Å². The molecule has 0 amide bonds. The number of benzene rings is 2. The lowest BCUT2D eigenvalue weighted by Gasteiger charge is -2.28. The quantitative estimate of drug-likeness (QED) is 0.686. The van der Waals surface area contributed by atoms with Gasteiger partial charge in [0.1, 0.15) is 0 Å². The monoisotopic (exact) mass is 330 g/mol. The molecule has 1 nitrogen and oxygen atoms in total. The Morgan fingerprint density at radius 3 is 2.04 bits per heavy atom. The summed E-state index contributed by atoms with van der Waals surface area (Å²) in [7, 11) is 0. The van der Waals surface area contributed by atoms with Gasteiger partial charge < -0.3 is 5.11 Å². The number of hydrogen-bond donors (Lipinski definition) is 1. The van der Waals surface area contributed by atoms with Crippen molar-refractivity contribution < 1.29 is 13.9 Å². The lowest BCUT2D eigenvalue weighted by atomic mass is 9.77. The third-order valence-corrected chi connectivity index (χ3v) is 5.28. The van der Waals surface area contributed by atoms with Gasteiger partial charge in [0.15, 0.2) is 17.4 Å². The first-order chi connectivity index (χ1) is 11.6. The molecule has 0 bridgehead atoms. The molecule has 1 aliphatic carbocycles. The Kier molecular flexibility index (Phi) is 5.17. The van der Waals surface area contributed by atoms with Crippen LogP contribution in [0.15, 0.2) is 36.4 Å². The predicted octanol–water partition coefficient (Wildman–Crippen LogP) is 6.41. The maximum absolute atomic E-state index is 13.5. The van der Waals surface area contributed by atoms with Crippen LogP contribution in [0.2, 0.25) is 0 Å². The minimum absolute atomic E-state index is 0.445. The van der Waals surface area contributed by atoms with Gasteiger partial charge >= 0.3 is 0 Å². The van der Waals surface area contributed by atoms with Gasteiger partial charge in [-0.25, -0.2) is 8.78 Å². The summed E-state index contributed by atoms with van der Waals surface area (Å²) in [5.74, 6) is -1.29. The molecule has 128 valence electrons. The average molecular weight is 330 g/mol. The van der Waals surface area contributed by atoms with Crippen molar-refractivity contribution in [3.8, 4) is 16.9 Å². The summed E-state index contributed by atoms with van der Waals surface area (Å²) in [4.78, 5) is 0. The molecule has 0 heterocycles. The molecule has 0 aromatic heterocycles. The van der Waals surface area contributed by atoms with Crippen LogP contribution in [0.1, 0.15) is 56.9 Å². The van der Waals surface area contributed by atoms with Crippen LogP contribution in [0, 0.1) is 17.6 Å². The number of rotatable bonds is 4. The molecule has 1 aliphatic rings. The molecule has 0 aliphatic heterocycles. The summed E-state index contributed by atoms with van der Waals surface area (Å²) in [6.45, 7) is 2.25. The normalized spacial score (nSPS) is 21.0. The van der Waals surface area contributed by atoms with Crippen LogP contribution in [0.3, 0.4) is 0 Å². The highest BCUT2D eigenvalue weighted by molar-refractivity contribution is 5.65.